The van der Waals surface area contributed by atoms with Gasteiger partial charge in [-0.15, -0.1) is 0 Å². The van der Waals surface area contributed by atoms with E-state index in [4.69, 9.17) is 0 Å². The van der Waals surface area contributed by atoms with E-state index in [1.807, 2.05) is 13.0 Å². The van der Waals surface area contributed by atoms with Crippen molar-refractivity contribution in [2.24, 2.45) is 0 Å². The quantitative estimate of drug-likeness (QED) is 0.767. The Balaban J connectivity index is 1.84. The summed E-state index contributed by atoms with van der Waals surface area (Å²) in [7, 11) is 0. The monoisotopic (exact) mass is 262 g/mol. The van der Waals surface area contributed by atoms with E-state index in [-0.39, 0.29) is 5.82 Å². The van der Waals surface area contributed by atoms with Crippen LogP contribution in [0.2, 0.25) is 0 Å². The number of rotatable bonds is 1. The van der Waals surface area contributed by atoms with Crippen LogP contribution in [0.4, 0.5) is 10.1 Å². The third-order valence-corrected chi connectivity index (χ3v) is 4.56. The van der Waals surface area contributed by atoms with Crippen LogP contribution in [0.1, 0.15) is 31.2 Å². The summed E-state index contributed by atoms with van der Waals surface area (Å²) in [5, 5.41) is 0. The maximum Gasteiger partial charge on any atom is 0.146 e. The summed E-state index contributed by atoms with van der Waals surface area (Å²) in [5.74, 6) is -0.0655. The lowest BCUT2D eigenvalue weighted by molar-refractivity contribution is 0.162. The van der Waals surface area contributed by atoms with Gasteiger partial charge in [0.2, 0.25) is 0 Å². The van der Waals surface area contributed by atoms with Crippen molar-refractivity contribution >= 4 is 5.69 Å². The second-order valence-corrected chi connectivity index (χ2v) is 5.89. The molecule has 0 aliphatic carbocycles. The first-order valence-corrected chi connectivity index (χ1v) is 7.50. The fourth-order valence-electron chi connectivity index (χ4n) is 3.60. The van der Waals surface area contributed by atoms with Crippen LogP contribution in [0.15, 0.2) is 18.2 Å². The van der Waals surface area contributed by atoms with Crippen LogP contribution in [-0.4, -0.2) is 37.1 Å². The molecule has 1 aromatic carbocycles. The van der Waals surface area contributed by atoms with Crippen molar-refractivity contribution < 1.29 is 4.39 Å². The molecule has 3 heteroatoms. The van der Waals surface area contributed by atoms with Gasteiger partial charge in [0.05, 0.1) is 5.69 Å². The molecule has 0 N–H and O–H groups in total. The van der Waals surface area contributed by atoms with Crippen LogP contribution in [0.3, 0.4) is 0 Å². The highest BCUT2D eigenvalue weighted by molar-refractivity contribution is 5.54. The molecular formula is C16H23FN2. The second kappa shape index (κ2) is 5.49. The van der Waals surface area contributed by atoms with E-state index in [0.717, 1.165) is 30.8 Å². The average Bonchev–Trinajstić information content (AvgIpc) is 2.60. The Morgan fingerprint density at radius 3 is 2.79 bits per heavy atom. The number of fused-ring (bicyclic) bond motifs is 1. The number of piperidine rings is 1. The molecule has 1 aromatic rings. The van der Waals surface area contributed by atoms with E-state index in [2.05, 4.69) is 9.80 Å². The van der Waals surface area contributed by atoms with Crippen LogP contribution in [-0.2, 0) is 0 Å². The third-order valence-electron chi connectivity index (χ3n) is 4.56. The first-order valence-electron chi connectivity index (χ1n) is 7.50. The third kappa shape index (κ3) is 2.62. The fourth-order valence-corrected chi connectivity index (χ4v) is 3.60. The molecule has 3 rings (SSSR count). The molecule has 2 aliphatic rings. The number of hydrogen-bond donors (Lipinski definition) is 0. The topological polar surface area (TPSA) is 6.48 Å². The maximum absolute atomic E-state index is 14.1. The summed E-state index contributed by atoms with van der Waals surface area (Å²) in [6.45, 7) is 6.39. The number of para-hydroxylation sites is 1. The van der Waals surface area contributed by atoms with Crippen LogP contribution >= 0.6 is 0 Å². The second-order valence-electron chi connectivity index (χ2n) is 5.89. The van der Waals surface area contributed by atoms with E-state index in [9.17, 15) is 4.39 Å². The van der Waals surface area contributed by atoms with Crippen LogP contribution in [0.5, 0.6) is 0 Å². The number of halogens is 1. The van der Waals surface area contributed by atoms with Gasteiger partial charge in [-0.05, 0) is 44.4 Å². The van der Waals surface area contributed by atoms with Crippen molar-refractivity contribution in [2.45, 2.75) is 38.6 Å². The molecule has 104 valence electrons. The van der Waals surface area contributed by atoms with Gasteiger partial charge in [0.25, 0.3) is 0 Å². The molecule has 0 aromatic heterocycles. The standard InChI is InChI=1S/C16H23FN2/c1-13-6-4-8-15(17)16(13)19-11-5-10-18-9-3-2-7-14(18)12-19/h4,6,8,14H,2-3,5,7,9-12H2,1H3. The first kappa shape index (κ1) is 12.9. The molecule has 0 radical (unpaired) electrons. The Hall–Kier alpha value is -1.09. The van der Waals surface area contributed by atoms with E-state index in [1.54, 1.807) is 12.1 Å². The van der Waals surface area contributed by atoms with Crippen molar-refractivity contribution in [2.75, 3.05) is 31.1 Å². The molecule has 1 unspecified atom stereocenters. The summed E-state index contributed by atoms with van der Waals surface area (Å²) in [4.78, 5) is 4.89. The molecule has 1 atom stereocenters. The summed E-state index contributed by atoms with van der Waals surface area (Å²) in [5.41, 5.74) is 1.89. The van der Waals surface area contributed by atoms with E-state index < -0.39 is 0 Å². The van der Waals surface area contributed by atoms with Crippen molar-refractivity contribution in [1.29, 1.82) is 0 Å². The fraction of sp³-hybridized carbons (Fsp3) is 0.625. The molecule has 0 spiro atoms. The van der Waals surface area contributed by atoms with Gasteiger partial charge in [-0.25, -0.2) is 4.39 Å². The molecule has 0 saturated carbocycles. The number of nitrogens with zero attached hydrogens (tertiary/aromatic N) is 2. The molecule has 2 heterocycles. The molecule has 2 nitrogen and oxygen atoms in total. The number of hydrogen-bond acceptors (Lipinski definition) is 2. The van der Waals surface area contributed by atoms with Gasteiger partial charge in [0.15, 0.2) is 0 Å². The van der Waals surface area contributed by atoms with Gasteiger partial charge in [0.1, 0.15) is 5.82 Å². The van der Waals surface area contributed by atoms with Crippen LogP contribution in [0.25, 0.3) is 0 Å². The van der Waals surface area contributed by atoms with Gasteiger partial charge in [-0.1, -0.05) is 18.6 Å². The van der Waals surface area contributed by atoms with Gasteiger partial charge in [-0.3, -0.25) is 4.90 Å². The SMILES string of the molecule is Cc1cccc(F)c1N1CCCN2CCCCC2C1. The van der Waals surface area contributed by atoms with Crippen LogP contribution in [0, 0.1) is 12.7 Å². The highest BCUT2D eigenvalue weighted by Crippen LogP contribution is 2.28. The van der Waals surface area contributed by atoms with Crippen molar-refractivity contribution in [3.8, 4) is 0 Å². The molecule has 0 bridgehead atoms. The molecule has 19 heavy (non-hydrogen) atoms. The zero-order valence-electron chi connectivity index (χ0n) is 11.7. The Kier molecular flexibility index (Phi) is 3.74. The van der Waals surface area contributed by atoms with Crippen LogP contribution < -0.4 is 4.90 Å². The maximum atomic E-state index is 14.1. The van der Waals surface area contributed by atoms with E-state index in [1.165, 1.54) is 32.4 Å². The van der Waals surface area contributed by atoms with Crippen molar-refractivity contribution in [3.05, 3.63) is 29.6 Å². The minimum Gasteiger partial charge on any atom is -0.367 e. The Morgan fingerprint density at radius 2 is 1.95 bits per heavy atom. The number of aryl methyl sites for hydroxylation is 1. The summed E-state index contributed by atoms with van der Waals surface area (Å²) in [6.07, 6.45) is 5.06. The Labute approximate surface area is 115 Å². The zero-order chi connectivity index (χ0) is 13.2. The summed E-state index contributed by atoms with van der Waals surface area (Å²) in [6, 6.07) is 6.03. The predicted molar refractivity (Wildman–Crippen MR) is 77.2 cm³/mol. The largest absolute Gasteiger partial charge is 0.367 e. The minimum atomic E-state index is -0.0655. The average molecular weight is 262 g/mol. The van der Waals surface area contributed by atoms with E-state index >= 15 is 0 Å². The molecule has 0 amide bonds. The summed E-state index contributed by atoms with van der Waals surface area (Å²) < 4.78 is 14.1. The van der Waals surface area contributed by atoms with Gasteiger partial charge >= 0.3 is 0 Å². The molecule has 2 fully saturated rings. The molecule has 2 saturated heterocycles. The highest BCUT2D eigenvalue weighted by Gasteiger charge is 2.28. The zero-order valence-corrected chi connectivity index (χ0v) is 11.7. The predicted octanol–water partition coefficient (Wildman–Crippen LogP) is 3.20. The highest BCUT2D eigenvalue weighted by atomic mass is 19.1. The minimum absolute atomic E-state index is 0.0655. The first-order chi connectivity index (χ1) is 9.25. The molecular weight excluding hydrogens is 239 g/mol. The normalized spacial score (nSPS) is 24.9. The Morgan fingerprint density at radius 1 is 1.11 bits per heavy atom. The number of benzene rings is 1. The van der Waals surface area contributed by atoms with Gasteiger partial charge in [-0.2, -0.15) is 0 Å². The van der Waals surface area contributed by atoms with Crippen molar-refractivity contribution in [3.63, 3.8) is 0 Å². The lowest BCUT2D eigenvalue weighted by Gasteiger charge is -2.36. The van der Waals surface area contributed by atoms with E-state index in [0.29, 0.717) is 6.04 Å². The van der Waals surface area contributed by atoms with Gasteiger partial charge < -0.3 is 4.90 Å². The lowest BCUT2D eigenvalue weighted by atomic mass is 10.0. The van der Waals surface area contributed by atoms with Crippen molar-refractivity contribution in [1.82, 2.24) is 4.90 Å². The Bertz CT molecular complexity index is 426. The molecule has 2 aliphatic heterocycles. The summed E-state index contributed by atoms with van der Waals surface area (Å²) >= 11 is 0. The van der Waals surface area contributed by atoms with Gasteiger partial charge in [0, 0.05) is 25.7 Å². The smallest absolute Gasteiger partial charge is 0.146 e. The number of anilines is 1. The lowest BCUT2D eigenvalue weighted by Crippen LogP contribution is -2.44.